The quantitative estimate of drug-likeness (QED) is 0.619. The topological polar surface area (TPSA) is 84.3 Å². The Bertz CT molecular complexity index is 512. The predicted octanol–water partition coefficient (Wildman–Crippen LogP) is 2.95. The van der Waals surface area contributed by atoms with Gasteiger partial charge in [-0.15, -0.1) is 0 Å². The summed E-state index contributed by atoms with van der Waals surface area (Å²) in [6.45, 7) is 8.24. The van der Waals surface area contributed by atoms with Gasteiger partial charge < -0.3 is 10.6 Å². The summed E-state index contributed by atoms with van der Waals surface area (Å²) in [5.74, 6) is -0.231. The molecule has 0 heterocycles. The molecule has 0 spiro atoms. The zero-order valence-electron chi connectivity index (χ0n) is 12.3. The number of nitrogens with zero attached hydrogens (tertiary/aromatic N) is 1. The number of nitrogens with one attached hydrogen (secondary N) is 2. The van der Waals surface area contributed by atoms with Crippen molar-refractivity contribution in [3.8, 4) is 0 Å². The SMILES string of the molecule is CCNc1cc(C(=O)NC(C)(C)CC)ccc1[N+](=O)[O-]. The number of carbonyl (C=O) groups excluding carboxylic acids is 1. The molecule has 1 aromatic carbocycles. The first-order chi connectivity index (χ1) is 9.30. The Labute approximate surface area is 118 Å². The molecule has 110 valence electrons. The summed E-state index contributed by atoms with van der Waals surface area (Å²) in [5, 5.41) is 16.7. The molecule has 0 aliphatic carbocycles. The molecule has 1 aromatic rings. The lowest BCUT2D eigenvalue weighted by atomic mass is 10.0. The molecule has 0 saturated heterocycles. The molecule has 20 heavy (non-hydrogen) atoms. The highest BCUT2D eigenvalue weighted by molar-refractivity contribution is 5.96. The summed E-state index contributed by atoms with van der Waals surface area (Å²) >= 11 is 0. The van der Waals surface area contributed by atoms with Gasteiger partial charge in [0.15, 0.2) is 0 Å². The maximum atomic E-state index is 12.1. The fraction of sp³-hybridized carbons (Fsp3) is 0.500. The Morgan fingerprint density at radius 1 is 1.35 bits per heavy atom. The molecular weight excluding hydrogens is 258 g/mol. The first kappa shape index (κ1) is 15.9. The smallest absolute Gasteiger partial charge is 0.292 e. The van der Waals surface area contributed by atoms with Crippen molar-refractivity contribution in [3.05, 3.63) is 33.9 Å². The normalized spacial score (nSPS) is 11.0. The van der Waals surface area contributed by atoms with Crippen LogP contribution in [0.25, 0.3) is 0 Å². The maximum Gasteiger partial charge on any atom is 0.292 e. The van der Waals surface area contributed by atoms with E-state index in [0.717, 1.165) is 6.42 Å². The summed E-state index contributed by atoms with van der Waals surface area (Å²) in [5.41, 5.74) is 0.433. The fourth-order valence-corrected chi connectivity index (χ4v) is 1.64. The summed E-state index contributed by atoms with van der Waals surface area (Å²) in [7, 11) is 0. The lowest BCUT2D eigenvalue weighted by Crippen LogP contribution is -2.42. The van der Waals surface area contributed by atoms with Gasteiger partial charge in [0, 0.05) is 23.7 Å². The molecule has 1 amide bonds. The molecule has 0 radical (unpaired) electrons. The van der Waals surface area contributed by atoms with Gasteiger partial charge in [-0.05, 0) is 39.3 Å². The molecule has 0 atom stereocenters. The summed E-state index contributed by atoms with van der Waals surface area (Å²) < 4.78 is 0. The van der Waals surface area contributed by atoms with Gasteiger partial charge in [-0.25, -0.2) is 0 Å². The van der Waals surface area contributed by atoms with Gasteiger partial charge in [-0.1, -0.05) is 6.92 Å². The minimum Gasteiger partial charge on any atom is -0.380 e. The Morgan fingerprint density at radius 3 is 2.50 bits per heavy atom. The molecule has 0 aromatic heterocycles. The second kappa shape index (κ2) is 6.36. The number of hydrogen-bond donors (Lipinski definition) is 2. The second-order valence-electron chi connectivity index (χ2n) is 5.21. The van der Waals surface area contributed by atoms with E-state index in [2.05, 4.69) is 10.6 Å². The van der Waals surface area contributed by atoms with Gasteiger partial charge in [-0.2, -0.15) is 0 Å². The van der Waals surface area contributed by atoms with Crippen LogP contribution in [0.15, 0.2) is 18.2 Å². The average molecular weight is 279 g/mol. The van der Waals surface area contributed by atoms with E-state index >= 15 is 0 Å². The first-order valence-electron chi connectivity index (χ1n) is 6.65. The van der Waals surface area contributed by atoms with Crippen molar-refractivity contribution >= 4 is 17.3 Å². The zero-order valence-corrected chi connectivity index (χ0v) is 12.3. The van der Waals surface area contributed by atoms with E-state index in [1.54, 1.807) is 0 Å². The Morgan fingerprint density at radius 2 is 2.00 bits per heavy atom. The van der Waals surface area contributed by atoms with Crippen molar-refractivity contribution in [2.45, 2.75) is 39.7 Å². The van der Waals surface area contributed by atoms with Crippen LogP contribution in [0.2, 0.25) is 0 Å². The predicted molar refractivity (Wildman–Crippen MR) is 79.1 cm³/mol. The Balaban J connectivity index is 3.05. The number of rotatable bonds is 6. The van der Waals surface area contributed by atoms with Crippen molar-refractivity contribution < 1.29 is 9.72 Å². The lowest BCUT2D eigenvalue weighted by molar-refractivity contribution is -0.384. The van der Waals surface area contributed by atoms with Crippen LogP contribution in [0, 0.1) is 10.1 Å². The molecular formula is C14H21N3O3. The minimum atomic E-state index is -0.463. The monoisotopic (exact) mass is 279 g/mol. The molecule has 1 rings (SSSR count). The molecule has 0 unspecified atom stereocenters. The van der Waals surface area contributed by atoms with Crippen molar-refractivity contribution in [1.82, 2.24) is 5.32 Å². The molecule has 0 fully saturated rings. The molecule has 6 heteroatoms. The molecule has 6 nitrogen and oxygen atoms in total. The number of amides is 1. The van der Waals surface area contributed by atoms with Gasteiger partial charge >= 0.3 is 0 Å². The molecule has 0 aliphatic heterocycles. The van der Waals surface area contributed by atoms with Crippen LogP contribution in [0.3, 0.4) is 0 Å². The van der Waals surface area contributed by atoms with Crippen LogP contribution < -0.4 is 10.6 Å². The van der Waals surface area contributed by atoms with Crippen LogP contribution in [-0.4, -0.2) is 22.9 Å². The number of benzene rings is 1. The maximum absolute atomic E-state index is 12.1. The third-order valence-corrected chi connectivity index (χ3v) is 3.16. The Hall–Kier alpha value is -2.11. The first-order valence-corrected chi connectivity index (χ1v) is 6.65. The summed E-state index contributed by atoms with van der Waals surface area (Å²) in [4.78, 5) is 22.6. The minimum absolute atomic E-state index is 0.0295. The van der Waals surface area contributed by atoms with Gasteiger partial charge in [0.25, 0.3) is 11.6 Å². The number of nitro groups is 1. The third kappa shape index (κ3) is 3.94. The summed E-state index contributed by atoms with van der Waals surface area (Å²) in [6, 6.07) is 4.34. The average Bonchev–Trinajstić information content (AvgIpc) is 2.38. The third-order valence-electron chi connectivity index (χ3n) is 3.16. The Kier molecular flexibility index (Phi) is 5.07. The van der Waals surface area contributed by atoms with Crippen LogP contribution in [0.5, 0.6) is 0 Å². The van der Waals surface area contributed by atoms with Gasteiger partial charge in [0.1, 0.15) is 5.69 Å². The standard InChI is InChI=1S/C14H21N3O3/c1-5-14(3,4)16-13(18)10-7-8-12(17(19)20)11(9-10)15-6-2/h7-9,15H,5-6H2,1-4H3,(H,16,18). The summed E-state index contributed by atoms with van der Waals surface area (Å²) in [6.07, 6.45) is 0.797. The molecule has 2 N–H and O–H groups in total. The number of carbonyl (C=O) groups is 1. The van der Waals surface area contributed by atoms with Crippen LogP contribution >= 0.6 is 0 Å². The zero-order chi connectivity index (χ0) is 15.3. The highest BCUT2D eigenvalue weighted by Gasteiger charge is 2.21. The van der Waals surface area contributed by atoms with Crippen molar-refractivity contribution in [1.29, 1.82) is 0 Å². The molecule has 0 aliphatic rings. The number of anilines is 1. The highest BCUT2D eigenvalue weighted by atomic mass is 16.6. The van der Waals surface area contributed by atoms with Crippen LogP contribution in [0.1, 0.15) is 44.5 Å². The second-order valence-corrected chi connectivity index (χ2v) is 5.21. The van der Waals surface area contributed by atoms with Gasteiger partial charge in [-0.3, -0.25) is 14.9 Å². The van der Waals surface area contributed by atoms with E-state index in [0.29, 0.717) is 17.8 Å². The van der Waals surface area contributed by atoms with Crippen molar-refractivity contribution in [2.75, 3.05) is 11.9 Å². The van der Waals surface area contributed by atoms with E-state index in [-0.39, 0.29) is 17.1 Å². The van der Waals surface area contributed by atoms with Gasteiger partial charge in [0.05, 0.1) is 4.92 Å². The highest BCUT2D eigenvalue weighted by Crippen LogP contribution is 2.25. The lowest BCUT2D eigenvalue weighted by Gasteiger charge is -2.24. The molecule has 0 saturated carbocycles. The number of hydrogen-bond acceptors (Lipinski definition) is 4. The largest absolute Gasteiger partial charge is 0.380 e. The van der Waals surface area contributed by atoms with Crippen molar-refractivity contribution in [3.63, 3.8) is 0 Å². The number of nitro benzene ring substituents is 1. The van der Waals surface area contributed by atoms with Crippen LogP contribution in [-0.2, 0) is 0 Å². The van der Waals surface area contributed by atoms with Gasteiger partial charge in [0.2, 0.25) is 0 Å². The van der Waals surface area contributed by atoms with E-state index in [1.165, 1.54) is 18.2 Å². The van der Waals surface area contributed by atoms with E-state index < -0.39 is 4.92 Å². The van der Waals surface area contributed by atoms with Crippen molar-refractivity contribution in [2.24, 2.45) is 0 Å². The molecule has 0 bridgehead atoms. The van der Waals surface area contributed by atoms with Crippen LogP contribution in [0.4, 0.5) is 11.4 Å². The van der Waals surface area contributed by atoms with E-state index in [4.69, 9.17) is 0 Å². The van der Waals surface area contributed by atoms with E-state index in [9.17, 15) is 14.9 Å². The van der Waals surface area contributed by atoms with E-state index in [1.807, 2.05) is 27.7 Å². The fourth-order valence-electron chi connectivity index (χ4n) is 1.64.